The first-order valence-corrected chi connectivity index (χ1v) is 6.25. The molecule has 2 heterocycles. The van der Waals surface area contributed by atoms with E-state index in [2.05, 4.69) is 15.5 Å². The van der Waals surface area contributed by atoms with Crippen molar-refractivity contribution in [2.75, 3.05) is 6.61 Å². The molecule has 0 aromatic carbocycles. The molecule has 0 spiro atoms. The SMILES string of the molecule is CCC(CCO)NC(=O)c1cc(-c2ccco2)[nH]n1. The van der Waals surface area contributed by atoms with Crippen LogP contribution in [0.15, 0.2) is 28.9 Å². The van der Waals surface area contributed by atoms with Gasteiger partial charge in [-0.25, -0.2) is 0 Å². The van der Waals surface area contributed by atoms with Crippen LogP contribution in [-0.4, -0.2) is 33.9 Å². The van der Waals surface area contributed by atoms with E-state index in [0.717, 1.165) is 6.42 Å². The second kappa shape index (κ2) is 6.19. The van der Waals surface area contributed by atoms with Crippen LogP contribution in [-0.2, 0) is 0 Å². The maximum Gasteiger partial charge on any atom is 0.272 e. The number of aliphatic hydroxyl groups excluding tert-OH is 1. The number of carbonyl (C=O) groups excluding carboxylic acids is 1. The molecule has 0 saturated heterocycles. The van der Waals surface area contributed by atoms with Crippen molar-refractivity contribution in [1.29, 1.82) is 0 Å². The zero-order valence-electron chi connectivity index (χ0n) is 10.7. The first kappa shape index (κ1) is 13.4. The van der Waals surface area contributed by atoms with Gasteiger partial charge in [0.05, 0.1) is 6.26 Å². The summed E-state index contributed by atoms with van der Waals surface area (Å²) in [6.07, 6.45) is 2.86. The Balaban J connectivity index is 2.04. The number of aliphatic hydroxyl groups is 1. The number of hydrogen-bond donors (Lipinski definition) is 3. The van der Waals surface area contributed by atoms with Crippen molar-refractivity contribution >= 4 is 5.91 Å². The summed E-state index contributed by atoms with van der Waals surface area (Å²) in [6.45, 7) is 2.01. The molecule has 0 aliphatic heterocycles. The van der Waals surface area contributed by atoms with Gasteiger partial charge in [0.2, 0.25) is 0 Å². The van der Waals surface area contributed by atoms with Crippen molar-refractivity contribution in [3.05, 3.63) is 30.2 Å². The van der Waals surface area contributed by atoms with Crippen LogP contribution in [0.25, 0.3) is 11.5 Å². The minimum atomic E-state index is -0.255. The molecule has 1 amide bonds. The number of H-pyrrole nitrogens is 1. The Morgan fingerprint density at radius 3 is 3.11 bits per heavy atom. The number of aromatic nitrogens is 2. The van der Waals surface area contributed by atoms with Gasteiger partial charge < -0.3 is 14.8 Å². The van der Waals surface area contributed by atoms with Crippen LogP contribution < -0.4 is 5.32 Å². The number of nitrogens with zero attached hydrogens (tertiary/aromatic N) is 1. The van der Waals surface area contributed by atoms with E-state index in [1.807, 2.05) is 6.92 Å². The van der Waals surface area contributed by atoms with Gasteiger partial charge in [-0.05, 0) is 25.0 Å². The molecule has 0 aliphatic carbocycles. The molecular formula is C13H17N3O3. The molecule has 0 saturated carbocycles. The fraction of sp³-hybridized carbons (Fsp3) is 0.385. The van der Waals surface area contributed by atoms with E-state index >= 15 is 0 Å². The molecule has 1 atom stereocenters. The minimum Gasteiger partial charge on any atom is -0.463 e. The van der Waals surface area contributed by atoms with E-state index < -0.39 is 0 Å². The second-order valence-electron chi connectivity index (χ2n) is 4.24. The molecule has 2 aromatic rings. The fourth-order valence-electron chi connectivity index (χ4n) is 1.79. The monoisotopic (exact) mass is 263 g/mol. The molecule has 0 aliphatic rings. The number of amides is 1. The van der Waals surface area contributed by atoms with E-state index in [-0.39, 0.29) is 18.6 Å². The van der Waals surface area contributed by atoms with Crippen molar-refractivity contribution in [2.24, 2.45) is 0 Å². The standard InChI is InChI=1S/C13H17N3O3/c1-2-9(5-6-17)14-13(18)11-8-10(15-16-11)12-4-3-7-19-12/h3-4,7-9,17H,2,5-6H2,1H3,(H,14,18)(H,15,16). The molecule has 3 N–H and O–H groups in total. The smallest absolute Gasteiger partial charge is 0.272 e. The molecular weight excluding hydrogens is 246 g/mol. The third kappa shape index (κ3) is 3.23. The summed E-state index contributed by atoms with van der Waals surface area (Å²) >= 11 is 0. The van der Waals surface area contributed by atoms with Crippen LogP contribution in [0.2, 0.25) is 0 Å². The molecule has 102 valence electrons. The average Bonchev–Trinajstić information content (AvgIpc) is 3.08. The van der Waals surface area contributed by atoms with Crippen molar-refractivity contribution < 1.29 is 14.3 Å². The molecule has 1 unspecified atom stereocenters. The van der Waals surface area contributed by atoms with E-state index in [0.29, 0.717) is 23.6 Å². The number of carbonyl (C=O) groups is 1. The number of aromatic amines is 1. The average molecular weight is 263 g/mol. The Morgan fingerprint density at radius 2 is 2.47 bits per heavy atom. The lowest BCUT2D eigenvalue weighted by Crippen LogP contribution is -2.35. The maximum absolute atomic E-state index is 12.0. The highest BCUT2D eigenvalue weighted by molar-refractivity contribution is 5.93. The molecule has 2 aromatic heterocycles. The first-order chi connectivity index (χ1) is 9.24. The highest BCUT2D eigenvalue weighted by Crippen LogP contribution is 2.17. The minimum absolute atomic E-state index is 0.0405. The van der Waals surface area contributed by atoms with Crippen LogP contribution in [0.4, 0.5) is 0 Å². The molecule has 0 radical (unpaired) electrons. The summed E-state index contributed by atoms with van der Waals surface area (Å²) in [5.41, 5.74) is 0.966. The van der Waals surface area contributed by atoms with Gasteiger partial charge in [0.25, 0.3) is 5.91 Å². The lowest BCUT2D eigenvalue weighted by atomic mass is 10.1. The lowest BCUT2D eigenvalue weighted by Gasteiger charge is -2.14. The zero-order valence-corrected chi connectivity index (χ0v) is 10.7. The lowest BCUT2D eigenvalue weighted by molar-refractivity contribution is 0.0924. The Hall–Kier alpha value is -2.08. The number of furan rings is 1. The topological polar surface area (TPSA) is 91.1 Å². The molecule has 0 bridgehead atoms. The summed E-state index contributed by atoms with van der Waals surface area (Å²) in [5, 5.41) is 18.4. The van der Waals surface area contributed by atoms with Crippen molar-refractivity contribution in [2.45, 2.75) is 25.8 Å². The Bertz CT molecular complexity index is 519. The van der Waals surface area contributed by atoms with Gasteiger partial charge in [-0.15, -0.1) is 0 Å². The third-order valence-corrected chi connectivity index (χ3v) is 2.90. The Morgan fingerprint density at radius 1 is 1.63 bits per heavy atom. The highest BCUT2D eigenvalue weighted by Gasteiger charge is 2.15. The van der Waals surface area contributed by atoms with E-state index in [1.54, 1.807) is 24.5 Å². The van der Waals surface area contributed by atoms with Gasteiger partial charge >= 0.3 is 0 Å². The quantitative estimate of drug-likeness (QED) is 0.737. The van der Waals surface area contributed by atoms with Crippen molar-refractivity contribution in [3.8, 4) is 11.5 Å². The summed E-state index contributed by atoms with van der Waals surface area (Å²) in [4.78, 5) is 12.0. The number of nitrogens with one attached hydrogen (secondary N) is 2. The van der Waals surface area contributed by atoms with E-state index in [1.165, 1.54) is 0 Å². The fourth-order valence-corrected chi connectivity index (χ4v) is 1.79. The Labute approximate surface area is 110 Å². The molecule has 6 heteroatoms. The van der Waals surface area contributed by atoms with E-state index in [9.17, 15) is 4.79 Å². The highest BCUT2D eigenvalue weighted by atomic mass is 16.3. The maximum atomic E-state index is 12.0. The number of hydrogen-bond acceptors (Lipinski definition) is 4. The number of rotatable bonds is 6. The van der Waals surface area contributed by atoms with Crippen molar-refractivity contribution in [1.82, 2.24) is 15.5 Å². The summed E-state index contributed by atoms with van der Waals surface area (Å²) < 4.78 is 5.22. The Kier molecular flexibility index (Phi) is 4.35. The van der Waals surface area contributed by atoms with Crippen LogP contribution in [0, 0.1) is 0 Å². The molecule has 0 fully saturated rings. The predicted molar refractivity (Wildman–Crippen MR) is 69.5 cm³/mol. The normalized spacial score (nSPS) is 12.3. The third-order valence-electron chi connectivity index (χ3n) is 2.90. The van der Waals surface area contributed by atoms with Crippen LogP contribution >= 0.6 is 0 Å². The summed E-state index contributed by atoms with van der Waals surface area (Å²) in [7, 11) is 0. The van der Waals surface area contributed by atoms with Gasteiger partial charge in [0.1, 0.15) is 5.69 Å². The largest absolute Gasteiger partial charge is 0.463 e. The van der Waals surface area contributed by atoms with E-state index in [4.69, 9.17) is 9.52 Å². The van der Waals surface area contributed by atoms with Crippen molar-refractivity contribution in [3.63, 3.8) is 0 Å². The molecule has 2 rings (SSSR count). The molecule has 19 heavy (non-hydrogen) atoms. The van der Waals surface area contributed by atoms with Gasteiger partial charge in [-0.2, -0.15) is 5.10 Å². The summed E-state index contributed by atoms with van der Waals surface area (Å²) in [6, 6.07) is 5.15. The van der Waals surface area contributed by atoms with Crippen LogP contribution in [0.1, 0.15) is 30.3 Å². The van der Waals surface area contributed by atoms with Gasteiger partial charge in [-0.3, -0.25) is 9.89 Å². The predicted octanol–water partition coefficient (Wildman–Crippen LogP) is 1.56. The first-order valence-electron chi connectivity index (χ1n) is 6.25. The molecule has 6 nitrogen and oxygen atoms in total. The van der Waals surface area contributed by atoms with Crippen LogP contribution in [0.3, 0.4) is 0 Å². The van der Waals surface area contributed by atoms with Gasteiger partial charge in [-0.1, -0.05) is 6.92 Å². The summed E-state index contributed by atoms with van der Waals surface area (Å²) in [5.74, 6) is 0.378. The van der Waals surface area contributed by atoms with Crippen LogP contribution in [0.5, 0.6) is 0 Å². The zero-order chi connectivity index (χ0) is 13.7. The second-order valence-corrected chi connectivity index (χ2v) is 4.24. The van der Waals surface area contributed by atoms with Gasteiger partial charge in [0.15, 0.2) is 11.5 Å². The van der Waals surface area contributed by atoms with Gasteiger partial charge in [0, 0.05) is 18.7 Å².